The second kappa shape index (κ2) is 7.14. The van der Waals surface area contributed by atoms with Crippen molar-refractivity contribution in [1.29, 1.82) is 0 Å². The summed E-state index contributed by atoms with van der Waals surface area (Å²) < 4.78 is 1.76. The number of hydrogen-bond acceptors (Lipinski definition) is 2. The molecule has 6 heteroatoms. The van der Waals surface area contributed by atoms with E-state index in [1.54, 1.807) is 10.9 Å². The van der Waals surface area contributed by atoms with Gasteiger partial charge in [0.2, 0.25) is 5.91 Å². The highest BCUT2D eigenvalue weighted by Crippen LogP contribution is 2.48. The largest absolute Gasteiger partial charge is 0.323 e. The summed E-state index contributed by atoms with van der Waals surface area (Å²) in [6.45, 7) is 0.562. The molecule has 1 N–H and O–H groups in total. The summed E-state index contributed by atoms with van der Waals surface area (Å²) in [6, 6.07) is 15.4. The van der Waals surface area contributed by atoms with Gasteiger partial charge >= 0.3 is 0 Å². The molecule has 1 amide bonds. The lowest BCUT2D eigenvalue weighted by atomic mass is 10.1. The Bertz CT molecular complexity index is 936. The quantitative estimate of drug-likeness (QED) is 0.672. The van der Waals surface area contributed by atoms with Crippen LogP contribution in [-0.4, -0.2) is 15.7 Å². The third-order valence-corrected chi connectivity index (χ3v) is 5.24. The van der Waals surface area contributed by atoms with Gasteiger partial charge in [0.15, 0.2) is 0 Å². The van der Waals surface area contributed by atoms with Gasteiger partial charge in [-0.1, -0.05) is 53.5 Å². The van der Waals surface area contributed by atoms with Crippen molar-refractivity contribution in [3.63, 3.8) is 0 Å². The molecule has 0 aliphatic heterocycles. The fourth-order valence-corrected chi connectivity index (χ4v) is 3.44. The van der Waals surface area contributed by atoms with Crippen molar-refractivity contribution in [2.45, 2.75) is 18.9 Å². The van der Waals surface area contributed by atoms with Crippen molar-refractivity contribution in [2.24, 2.45) is 5.92 Å². The molecule has 1 aliphatic rings. The fraction of sp³-hybridized carbons (Fsp3) is 0.200. The van der Waals surface area contributed by atoms with E-state index in [2.05, 4.69) is 10.4 Å². The normalized spacial score (nSPS) is 18.5. The molecule has 3 aromatic rings. The van der Waals surface area contributed by atoms with Gasteiger partial charge in [-0.3, -0.25) is 9.48 Å². The van der Waals surface area contributed by atoms with Crippen LogP contribution in [0.25, 0.3) is 0 Å². The summed E-state index contributed by atoms with van der Waals surface area (Å²) in [5, 5.41) is 8.67. The summed E-state index contributed by atoms with van der Waals surface area (Å²) in [5.41, 5.74) is 2.84. The summed E-state index contributed by atoms with van der Waals surface area (Å²) in [7, 11) is 0. The Hall–Kier alpha value is -2.30. The van der Waals surface area contributed by atoms with Gasteiger partial charge in [0, 0.05) is 22.2 Å². The van der Waals surface area contributed by atoms with Crippen molar-refractivity contribution in [3.8, 4) is 0 Å². The van der Waals surface area contributed by atoms with E-state index in [1.165, 1.54) is 0 Å². The Labute approximate surface area is 161 Å². The molecule has 132 valence electrons. The van der Waals surface area contributed by atoms with Crippen LogP contribution in [0.4, 0.5) is 5.69 Å². The first-order valence-corrected chi connectivity index (χ1v) is 9.18. The zero-order valence-corrected chi connectivity index (χ0v) is 15.4. The molecule has 0 bridgehead atoms. The molecule has 26 heavy (non-hydrogen) atoms. The molecule has 4 rings (SSSR count). The molecule has 2 aromatic carbocycles. The predicted octanol–water partition coefficient (Wildman–Crippen LogP) is 4.98. The number of anilines is 1. The number of benzene rings is 2. The molecule has 0 radical (unpaired) electrons. The first-order valence-electron chi connectivity index (χ1n) is 8.42. The van der Waals surface area contributed by atoms with Crippen LogP contribution < -0.4 is 5.32 Å². The number of aromatic nitrogens is 2. The Balaban J connectivity index is 1.36. The molecule has 0 spiro atoms. The van der Waals surface area contributed by atoms with Crippen molar-refractivity contribution < 1.29 is 4.79 Å². The second-order valence-corrected chi connectivity index (χ2v) is 7.35. The van der Waals surface area contributed by atoms with Gasteiger partial charge in [0.05, 0.1) is 18.4 Å². The zero-order valence-electron chi connectivity index (χ0n) is 13.9. The molecule has 1 fully saturated rings. The molecule has 2 atom stereocenters. The SMILES string of the molecule is O=C(Nc1cnn(Cc2ccccc2Cl)c1)C1CC1c1ccc(Cl)cc1. The van der Waals surface area contributed by atoms with Crippen LogP contribution in [0.5, 0.6) is 0 Å². The summed E-state index contributed by atoms with van der Waals surface area (Å²) >= 11 is 12.1. The number of carbonyl (C=O) groups excluding carboxylic acids is 1. The number of nitrogens with zero attached hydrogens (tertiary/aromatic N) is 2. The standard InChI is InChI=1S/C20H17Cl2N3O/c21-15-7-5-13(6-8-15)17-9-18(17)20(26)24-16-10-23-25(12-16)11-14-3-1-2-4-19(14)22/h1-8,10,12,17-18H,9,11H2,(H,24,26). The summed E-state index contributed by atoms with van der Waals surface area (Å²) in [5.74, 6) is 0.302. The van der Waals surface area contributed by atoms with E-state index in [9.17, 15) is 4.79 Å². The maximum atomic E-state index is 12.5. The summed E-state index contributed by atoms with van der Waals surface area (Å²) in [6.07, 6.45) is 4.34. The molecule has 0 saturated heterocycles. The monoisotopic (exact) mass is 385 g/mol. The molecular formula is C20H17Cl2N3O. The zero-order chi connectivity index (χ0) is 18.1. The molecule has 1 aliphatic carbocycles. The van der Waals surface area contributed by atoms with Gasteiger partial charge < -0.3 is 5.32 Å². The van der Waals surface area contributed by atoms with Crippen LogP contribution >= 0.6 is 23.2 Å². The number of rotatable bonds is 5. The number of carbonyl (C=O) groups is 1. The number of halogens is 2. The van der Waals surface area contributed by atoms with Crippen molar-refractivity contribution >= 4 is 34.8 Å². The van der Waals surface area contributed by atoms with E-state index in [-0.39, 0.29) is 17.7 Å². The van der Waals surface area contributed by atoms with E-state index in [4.69, 9.17) is 23.2 Å². The Morgan fingerprint density at radius 1 is 1.15 bits per heavy atom. The molecule has 1 saturated carbocycles. The average molecular weight is 386 g/mol. The molecule has 2 unspecified atom stereocenters. The van der Waals surface area contributed by atoms with Crippen LogP contribution in [0, 0.1) is 5.92 Å². The third kappa shape index (κ3) is 3.76. The van der Waals surface area contributed by atoms with E-state index >= 15 is 0 Å². The topological polar surface area (TPSA) is 46.9 Å². The van der Waals surface area contributed by atoms with E-state index in [0.29, 0.717) is 22.3 Å². The van der Waals surface area contributed by atoms with Gasteiger partial charge in [0.25, 0.3) is 0 Å². The van der Waals surface area contributed by atoms with Crippen molar-refractivity contribution in [2.75, 3.05) is 5.32 Å². The Morgan fingerprint density at radius 2 is 1.92 bits per heavy atom. The van der Waals surface area contributed by atoms with E-state index in [1.807, 2.05) is 54.7 Å². The lowest BCUT2D eigenvalue weighted by Gasteiger charge is -2.04. The van der Waals surface area contributed by atoms with Crippen LogP contribution in [0.1, 0.15) is 23.5 Å². The highest BCUT2D eigenvalue weighted by molar-refractivity contribution is 6.31. The molecule has 1 aromatic heterocycles. The average Bonchev–Trinajstić information content (AvgIpc) is 3.32. The predicted molar refractivity (Wildman–Crippen MR) is 104 cm³/mol. The minimum absolute atomic E-state index is 0.00286. The lowest BCUT2D eigenvalue weighted by Crippen LogP contribution is -2.14. The van der Waals surface area contributed by atoms with Gasteiger partial charge in [-0.05, 0) is 41.7 Å². The van der Waals surface area contributed by atoms with Crippen molar-refractivity contribution in [1.82, 2.24) is 9.78 Å². The maximum Gasteiger partial charge on any atom is 0.228 e. The number of nitrogens with one attached hydrogen (secondary N) is 1. The first-order chi connectivity index (χ1) is 12.6. The fourth-order valence-electron chi connectivity index (χ4n) is 3.11. The van der Waals surface area contributed by atoms with Gasteiger partial charge in [0.1, 0.15) is 0 Å². The van der Waals surface area contributed by atoms with Crippen molar-refractivity contribution in [3.05, 3.63) is 82.1 Å². The second-order valence-electron chi connectivity index (χ2n) is 6.51. The molecule has 4 nitrogen and oxygen atoms in total. The van der Waals surface area contributed by atoms with Crippen LogP contribution in [-0.2, 0) is 11.3 Å². The van der Waals surface area contributed by atoms with Gasteiger partial charge in [-0.15, -0.1) is 0 Å². The van der Waals surface area contributed by atoms with Crippen LogP contribution in [0.15, 0.2) is 60.9 Å². The van der Waals surface area contributed by atoms with Crippen LogP contribution in [0.2, 0.25) is 10.0 Å². The number of hydrogen-bond donors (Lipinski definition) is 1. The van der Waals surface area contributed by atoms with Gasteiger partial charge in [-0.2, -0.15) is 5.10 Å². The van der Waals surface area contributed by atoms with E-state index in [0.717, 1.165) is 17.5 Å². The first kappa shape index (κ1) is 17.1. The van der Waals surface area contributed by atoms with Crippen LogP contribution in [0.3, 0.4) is 0 Å². The highest BCUT2D eigenvalue weighted by atomic mass is 35.5. The molecular weight excluding hydrogens is 369 g/mol. The lowest BCUT2D eigenvalue weighted by molar-refractivity contribution is -0.117. The van der Waals surface area contributed by atoms with E-state index < -0.39 is 0 Å². The smallest absolute Gasteiger partial charge is 0.228 e. The number of amides is 1. The third-order valence-electron chi connectivity index (χ3n) is 4.62. The summed E-state index contributed by atoms with van der Waals surface area (Å²) in [4.78, 5) is 12.5. The maximum absolute atomic E-state index is 12.5. The minimum Gasteiger partial charge on any atom is -0.323 e. The minimum atomic E-state index is 0.00286. The highest BCUT2D eigenvalue weighted by Gasteiger charge is 2.43. The Morgan fingerprint density at radius 3 is 2.69 bits per heavy atom. The van der Waals surface area contributed by atoms with Gasteiger partial charge in [-0.25, -0.2) is 0 Å². The Kier molecular flexibility index (Phi) is 4.70. The molecule has 1 heterocycles.